The number of rotatable bonds is 7. The molecule has 4 aromatic rings. The van der Waals surface area contributed by atoms with Crippen molar-refractivity contribution in [3.8, 4) is 17.0 Å². The third kappa shape index (κ3) is 5.50. The lowest BCUT2D eigenvalue weighted by molar-refractivity contribution is -0.128. The summed E-state index contributed by atoms with van der Waals surface area (Å²) in [5, 5.41) is 7.99. The van der Waals surface area contributed by atoms with Crippen molar-refractivity contribution in [3.05, 3.63) is 102 Å². The van der Waals surface area contributed by atoms with Crippen molar-refractivity contribution in [2.24, 2.45) is 5.10 Å². The maximum atomic E-state index is 12.6. The minimum absolute atomic E-state index is 0.322. The highest BCUT2D eigenvalue weighted by Gasteiger charge is 2.21. The molecule has 4 rings (SSSR count). The number of nitrogens with zero attached hydrogens (tertiary/aromatic N) is 2. The molecule has 0 aliphatic heterocycles. The number of hydrazone groups is 1. The number of carbonyl (C=O) groups excluding carboxylic acids is 2. The van der Waals surface area contributed by atoms with Crippen LogP contribution < -0.4 is 10.2 Å². The molecule has 0 unspecified atom stereocenters. The number of carbonyl (C=O) groups is 2. The number of furan rings is 1. The first-order valence-electron chi connectivity index (χ1n) is 9.99. The van der Waals surface area contributed by atoms with E-state index in [0.717, 1.165) is 5.56 Å². The van der Waals surface area contributed by atoms with Gasteiger partial charge in [0.25, 0.3) is 5.91 Å². The van der Waals surface area contributed by atoms with E-state index in [9.17, 15) is 9.59 Å². The van der Waals surface area contributed by atoms with Gasteiger partial charge in [0, 0.05) is 11.6 Å². The number of amides is 1. The van der Waals surface area contributed by atoms with Crippen LogP contribution in [0.1, 0.15) is 27.4 Å². The molecule has 0 fully saturated rings. The van der Waals surface area contributed by atoms with Crippen LogP contribution in [0.5, 0.6) is 5.75 Å². The lowest BCUT2D eigenvalue weighted by Crippen LogP contribution is -2.18. The Balaban J connectivity index is 1.35. The summed E-state index contributed by atoms with van der Waals surface area (Å²) in [7, 11) is 0. The van der Waals surface area contributed by atoms with Crippen LogP contribution in [-0.4, -0.2) is 23.2 Å². The topological polar surface area (TPSA) is 107 Å². The van der Waals surface area contributed by atoms with E-state index in [1.807, 2.05) is 30.3 Å². The highest BCUT2D eigenvalue weighted by Crippen LogP contribution is 2.24. The van der Waals surface area contributed by atoms with E-state index in [-0.39, 0.29) is 0 Å². The van der Waals surface area contributed by atoms with E-state index in [4.69, 9.17) is 13.7 Å². The Labute approximate surface area is 189 Å². The normalized spacial score (nSPS) is 11.2. The van der Waals surface area contributed by atoms with Crippen molar-refractivity contribution in [1.29, 1.82) is 0 Å². The zero-order chi connectivity index (χ0) is 23.0. The number of aromatic nitrogens is 1. The minimum Gasteiger partial charge on any atom is -0.465 e. The van der Waals surface area contributed by atoms with Crippen LogP contribution in [0.25, 0.3) is 17.3 Å². The second-order valence-corrected chi connectivity index (χ2v) is 6.87. The lowest BCUT2D eigenvalue weighted by Gasteiger charge is -2.02. The van der Waals surface area contributed by atoms with Crippen molar-refractivity contribution in [2.75, 3.05) is 0 Å². The summed E-state index contributed by atoms with van der Waals surface area (Å²) >= 11 is 0. The predicted molar refractivity (Wildman–Crippen MR) is 122 cm³/mol. The van der Waals surface area contributed by atoms with E-state index < -0.39 is 11.9 Å². The van der Waals surface area contributed by atoms with Gasteiger partial charge in [-0.1, -0.05) is 35.5 Å². The summed E-state index contributed by atoms with van der Waals surface area (Å²) in [5.74, 6) is 0.362. The third-order valence-electron chi connectivity index (χ3n) is 4.54. The van der Waals surface area contributed by atoms with Crippen LogP contribution in [0.3, 0.4) is 0 Å². The summed E-state index contributed by atoms with van der Waals surface area (Å²) in [6.07, 6.45) is 5.79. The van der Waals surface area contributed by atoms with Gasteiger partial charge >= 0.3 is 5.97 Å². The molecule has 1 amide bonds. The van der Waals surface area contributed by atoms with Gasteiger partial charge in [-0.25, -0.2) is 10.2 Å². The molecule has 8 heteroatoms. The molecule has 0 saturated heterocycles. The molecule has 0 spiro atoms. The molecule has 2 aromatic heterocycles. The van der Waals surface area contributed by atoms with Gasteiger partial charge in [-0.2, -0.15) is 5.10 Å². The van der Waals surface area contributed by atoms with Crippen LogP contribution in [-0.2, 0) is 4.79 Å². The number of benzene rings is 2. The number of nitrogens with one attached hydrogen (secondary N) is 1. The number of ether oxygens (including phenoxy) is 1. The molecule has 0 aliphatic carbocycles. The standard InChI is InChI=1S/C25H19N3O5/c1-17-23(24(28-33-17)19-6-3-2-4-7-19)25(30)27-26-16-18-9-11-21(12-10-18)32-22(29)14-13-20-8-5-15-31-20/h2-16H,1H3,(H,27,30)/b14-13+,26-16-. The van der Waals surface area contributed by atoms with E-state index in [2.05, 4.69) is 15.7 Å². The maximum Gasteiger partial charge on any atom is 0.336 e. The number of esters is 1. The Hall–Kier alpha value is -4.72. The van der Waals surface area contributed by atoms with Gasteiger partial charge in [0.15, 0.2) is 0 Å². The zero-order valence-electron chi connectivity index (χ0n) is 17.6. The first-order chi connectivity index (χ1) is 16.1. The van der Waals surface area contributed by atoms with Gasteiger partial charge in [-0.05, 0) is 55.0 Å². The summed E-state index contributed by atoms with van der Waals surface area (Å²) in [4.78, 5) is 24.5. The summed E-state index contributed by atoms with van der Waals surface area (Å²) in [6.45, 7) is 1.67. The molecule has 8 nitrogen and oxygen atoms in total. The van der Waals surface area contributed by atoms with Crippen molar-refractivity contribution < 1.29 is 23.3 Å². The quantitative estimate of drug-likeness (QED) is 0.147. The number of hydrogen-bond acceptors (Lipinski definition) is 7. The van der Waals surface area contributed by atoms with Crippen molar-refractivity contribution in [3.63, 3.8) is 0 Å². The molecule has 33 heavy (non-hydrogen) atoms. The Morgan fingerprint density at radius 3 is 2.55 bits per heavy atom. The van der Waals surface area contributed by atoms with E-state index in [1.165, 1.54) is 24.6 Å². The van der Waals surface area contributed by atoms with Crippen molar-refractivity contribution in [1.82, 2.24) is 10.6 Å². The van der Waals surface area contributed by atoms with Gasteiger partial charge in [-0.3, -0.25) is 4.79 Å². The second kappa shape index (κ2) is 10.1. The van der Waals surface area contributed by atoms with Gasteiger partial charge < -0.3 is 13.7 Å². The molecular formula is C25H19N3O5. The summed E-state index contributed by atoms with van der Waals surface area (Å²) in [5.41, 5.74) is 4.73. The Morgan fingerprint density at radius 2 is 1.82 bits per heavy atom. The summed E-state index contributed by atoms with van der Waals surface area (Å²) < 4.78 is 15.5. The lowest BCUT2D eigenvalue weighted by atomic mass is 10.1. The van der Waals surface area contributed by atoms with E-state index in [1.54, 1.807) is 43.3 Å². The smallest absolute Gasteiger partial charge is 0.336 e. The summed E-state index contributed by atoms with van der Waals surface area (Å²) in [6, 6.07) is 19.4. The Morgan fingerprint density at radius 1 is 1.03 bits per heavy atom. The fourth-order valence-corrected chi connectivity index (χ4v) is 2.96. The molecule has 0 atom stereocenters. The van der Waals surface area contributed by atoms with Crippen LogP contribution >= 0.6 is 0 Å². The number of aryl methyl sites for hydroxylation is 1. The van der Waals surface area contributed by atoms with Crippen LogP contribution in [0, 0.1) is 6.92 Å². The average molecular weight is 441 g/mol. The van der Waals surface area contributed by atoms with Gasteiger partial charge in [0.1, 0.15) is 28.5 Å². The second-order valence-electron chi connectivity index (χ2n) is 6.87. The fourth-order valence-electron chi connectivity index (χ4n) is 2.96. The molecular weight excluding hydrogens is 422 g/mol. The molecule has 0 radical (unpaired) electrons. The molecule has 2 aromatic carbocycles. The molecule has 164 valence electrons. The van der Waals surface area contributed by atoms with Crippen molar-refractivity contribution >= 4 is 24.2 Å². The van der Waals surface area contributed by atoms with Gasteiger partial charge in [0.05, 0.1) is 12.5 Å². The van der Waals surface area contributed by atoms with Gasteiger partial charge in [-0.15, -0.1) is 0 Å². The zero-order valence-corrected chi connectivity index (χ0v) is 17.6. The fraction of sp³-hybridized carbons (Fsp3) is 0.0400. The van der Waals surface area contributed by atoms with E-state index >= 15 is 0 Å². The molecule has 0 aliphatic rings. The monoisotopic (exact) mass is 441 g/mol. The first-order valence-corrected chi connectivity index (χ1v) is 9.99. The highest BCUT2D eigenvalue weighted by molar-refractivity contribution is 6.01. The van der Waals surface area contributed by atoms with Crippen LogP contribution in [0.4, 0.5) is 0 Å². The SMILES string of the molecule is Cc1onc(-c2ccccc2)c1C(=O)N/N=C\c1ccc(OC(=O)/C=C/c2ccco2)cc1. The Bertz CT molecular complexity index is 1290. The highest BCUT2D eigenvalue weighted by atomic mass is 16.5. The van der Waals surface area contributed by atoms with Gasteiger partial charge in [0.2, 0.25) is 0 Å². The van der Waals surface area contributed by atoms with Crippen LogP contribution in [0.15, 0.2) is 93.1 Å². The largest absolute Gasteiger partial charge is 0.465 e. The van der Waals surface area contributed by atoms with Crippen molar-refractivity contribution in [2.45, 2.75) is 6.92 Å². The maximum absolute atomic E-state index is 12.6. The predicted octanol–water partition coefficient (Wildman–Crippen LogP) is 4.63. The average Bonchev–Trinajstić information content (AvgIpc) is 3.49. The molecule has 0 saturated carbocycles. The Kier molecular flexibility index (Phi) is 6.56. The van der Waals surface area contributed by atoms with Crippen LogP contribution in [0.2, 0.25) is 0 Å². The molecule has 0 bridgehead atoms. The first kappa shape index (κ1) is 21.5. The number of hydrogen-bond donors (Lipinski definition) is 1. The van der Waals surface area contributed by atoms with E-state index in [0.29, 0.717) is 34.1 Å². The third-order valence-corrected chi connectivity index (χ3v) is 4.54. The molecule has 1 N–H and O–H groups in total. The molecule has 2 heterocycles. The minimum atomic E-state index is -0.529.